The van der Waals surface area contributed by atoms with Gasteiger partial charge >= 0.3 is 6.03 Å². The molecule has 4 rings (SSSR count). The van der Waals surface area contributed by atoms with Crippen molar-refractivity contribution in [2.75, 3.05) is 10.6 Å². The number of carbonyl (C=O) groups excluding carboxylic acids is 2. The molecule has 32 heavy (non-hydrogen) atoms. The third-order valence-electron chi connectivity index (χ3n) is 5.30. The van der Waals surface area contributed by atoms with Crippen LogP contribution in [0.15, 0.2) is 66.7 Å². The first kappa shape index (κ1) is 22.1. The molecular formula is C24H22Cl2N4O2. The van der Waals surface area contributed by atoms with Gasteiger partial charge in [0.1, 0.15) is 0 Å². The molecule has 3 aromatic rings. The van der Waals surface area contributed by atoms with E-state index in [-0.39, 0.29) is 11.9 Å². The normalized spacial score (nSPS) is 13.4. The van der Waals surface area contributed by atoms with Crippen LogP contribution in [0.25, 0.3) is 0 Å². The number of para-hydroxylation sites is 1. The molecule has 1 heterocycles. The second-order valence-corrected chi connectivity index (χ2v) is 8.51. The number of nitrogens with two attached hydrogens (primary N) is 1. The minimum absolute atomic E-state index is 0.149. The van der Waals surface area contributed by atoms with Gasteiger partial charge in [-0.15, -0.1) is 0 Å². The number of nitrogens with zero attached hydrogens (tertiary/aromatic N) is 1. The average Bonchev–Trinajstić information content (AvgIpc) is 3.19. The van der Waals surface area contributed by atoms with Crippen molar-refractivity contribution < 1.29 is 9.59 Å². The average molecular weight is 469 g/mol. The van der Waals surface area contributed by atoms with Crippen molar-refractivity contribution >= 4 is 46.5 Å². The quantitative estimate of drug-likeness (QED) is 0.489. The zero-order chi connectivity index (χ0) is 22.7. The Morgan fingerprint density at radius 3 is 2.38 bits per heavy atom. The van der Waals surface area contributed by atoms with Crippen LogP contribution in [0.3, 0.4) is 0 Å². The number of hydrogen-bond acceptors (Lipinski definition) is 3. The molecule has 164 valence electrons. The van der Waals surface area contributed by atoms with Crippen molar-refractivity contribution in [1.82, 2.24) is 4.90 Å². The molecule has 8 heteroatoms. The Morgan fingerprint density at radius 1 is 0.906 bits per heavy atom. The summed E-state index contributed by atoms with van der Waals surface area (Å²) in [7, 11) is 0. The number of fused-ring (bicyclic) bond motifs is 1. The Labute approximate surface area is 196 Å². The summed E-state index contributed by atoms with van der Waals surface area (Å²) >= 11 is 12.2. The number of anilines is 2. The van der Waals surface area contributed by atoms with Crippen LogP contribution in [0, 0.1) is 0 Å². The van der Waals surface area contributed by atoms with Gasteiger partial charge in [0.2, 0.25) is 5.91 Å². The zero-order valence-electron chi connectivity index (χ0n) is 17.1. The van der Waals surface area contributed by atoms with Crippen LogP contribution in [0.1, 0.15) is 16.7 Å². The van der Waals surface area contributed by atoms with Gasteiger partial charge in [-0.05, 0) is 59.5 Å². The molecule has 0 aromatic heterocycles. The van der Waals surface area contributed by atoms with Crippen molar-refractivity contribution in [3.8, 4) is 0 Å². The van der Waals surface area contributed by atoms with Crippen molar-refractivity contribution in [1.29, 1.82) is 0 Å². The monoisotopic (exact) mass is 468 g/mol. The lowest BCUT2D eigenvalue weighted by atomic mass is 10.1. The summed E-state index contributed by atoms with van der Waals surface area (Å²) in [4.78, 5) is 26.9. The molecule has 1 aliphatic rings. The van der Waals surface area contributed by atoms with Gasteiger partial charge in [-0.1, -0.05) is 53.5 Å². The van der Waals surface area contributed by atoms with Crippen molar-refractivity contribution in [3.05, 3.63) is 93.5 Å². The van der Waals surface area contributed by atoms with E-state index >= 15 is 0 Å². The van der Waals surface area contributed by atoms with Crippen LogP contribution < -0.4 is 16.4 Å². The molecule has 6 nitrogen and oxygen atoms in total. The Hall–Kier alpha value is -3.06. The molecule has 0 saturated carbocycles. The molecule has 0 radical (unpaired) electrons. The fourth-order valence-corrected chi connectivity index (χ4v) is 4.17. The molecule has 0 aliphatic carbocycles. The molecular weight excluding hydrogens is 447 g/mol. The first-order chi connectivity index (χ1) is 15.4. The third kappa shape index (κ3) is 5.22. The van der Waals surface area contributed by atoms with E-state index in [1.165, 1.54) is 0 Å². The summed E-state index contributed by atoms with van der Waals surface area (Å²) in [6.07, 6.45) is 0.328. The van der Waals surface area contributed by atoms with Crippen molar-refractivity contribution in [3.63, 3.8) is 0 Å². The molecule has 3 amide bonds. The lowest BCUT2D eigenvalue weighted by molar-refractivity contribution is -0.133. The summed E-state index contributed by atoms with van der Waals surface area (Å²) in [6, 6.07) is 18.9. The second kappa shape index (κ2) is 9.61. The fourth-order valence-electron chi connectivity index (χ4n) is 3.69. The van der Waals surface area contributed by atoms with Crippen molar-refractivity contribution in [2.24, 2.45) is 5.73 Å². The summed E-state index contributed by atoms with van der Waals surface area (Å²) in [5, 5.41) is 6.64. The van der Waals surface area contributed by atoms with Crippen LogP contribution in [0.4, 0.5) is 16.2 Å². The number of nitrogens with one attached hydrogen (secondary N) is 2. The van der Waals surface area contributed by atoms with E-state index in [0.29, 0.717) is 40.9 Å². The molecule has 0 bridgehead atoms. The highest BCUT2D eigenvalue weighted by atomic mass is 35.5. The SMILES string of the molecule is N[C@H](Cc1ccc(Cl)cc1Cl)C(=O)N1Cc2ccc(NC(=O)Nc3ccccc3)cc2C1. The summed E-state index contributed by atoms with van der Waals surface area (Å²) in [6.45, 7) is 0.915. The van der Waals surface area contributed by atoms with Crippen molar-refractivity contribution in [2.45, 2.75) is 25.6 Å². The number of amides is 3. The van der Waals surface area contributed by atoms with E-state index in [9.17, 15) is 9.59 Å². The van der Waals surface area contributed by atoms with Gasteiger partial charge in [-0.25, -0.2) is 4.79 Å². The maximum absolute atomic E-state index is 12.9. The smallest absolute Gasteiger partial charge is 0.323 e. The van der Waals surface area contributed by atoms with Crippen LogP contribution in [-0.4, -0.2) is 22.9 Å². The number of halogens is 2. The number of hydrogen-bond donors (Lipinski definition) is 3. The number of rotatable bonds is 5. The van der Waals surface area contributed by atoms with Crippen LogP contribution in [0.5, 0.6) is 0 Å². The second-order valence-electron chi connectivity index (χ2n) is 7.67. The fraction of sp³-hybridized carbons (Fsp3) is 0.167. The van der Waals surface area contributed by atoms with Gasteiger partial charge in [0.25, 0.3) is 0 Å². The van der Waals surface area contributed by atoms with Gasteiger partial charge in [0.15, 0.2) is 0 Å². The molecule has 1 aliphatic heterocycles. The topological polar surface area (TPSA) is 87.5 Å². The van der Waals surface area contributed by atoms with E-state index in [0.717, 1.165) is 16.7 Å². The van der Waals surface area contributed by atoms with Crippen LogP contribution in [-0.2, 0) is 24.3 Å². The highest BCUT2D eigenvalue weighted by molar-refractivity contribution is 6.35. The molecule has 4 N–H and O–H groups in total. The lowest BCUT2D eigenvalue weighted by Crippen LogP contribution is -2.42. The van der Waals surface area contributed by atoms with Crippen LogP contribution in [0.2, 0.25) is 10.0 Å². The maximum atomic E-state index is 12.9. The minimum atomic E-state index is -0.711. The number of benzene rings is 3. The van der Waals surface area contributed by atoms with E-state index in [1.807, 2.05) is 48.5 Å². The molecule has 0 unspecified atom stereocenters. The highest BCUT2D eigenvalue weighted by Crippen LogP contribution is 2.27. The van der Waals surface area contributed by atoms with Crippen LogP contribution >= 0.6 is 23.2 Å². The summed E-state index contributed by atoms with van der Waals surface area (Å²) in [5.74, 6) is -0.149. The lowest BCUT2D eigenvalue weighted by Gasteiger charge is -2.20. The van der Waals surface area contributed by atoms with Gasteiger partial charge in [-0.3, -0.25) is 4.79 Å². The summed E-state index contributed by atoms with van der Waals surface area (Å²) in [5.41, 5.74) is 10.3. The van der Waals surface area contributed by atoms with Gasteiger partial charge < -0.3 is 21.3 Å². The number of urea groups is 1. The Kier molecular flexibility index (Phi) is 6.65. The maximum Gasteiger partial charge on any atom is 0.323 e. The largest absolute Gasteiger partial charge is 0.333 e. The zero-order valence-corrected chi connectivity index (χ0v) is 18.7. The Bertz CT molecular complexity index is 1150. The predicted octanol–water partition coefficient (Wildman–Crippen LogP) is 5.05. The minimum Gasteiger partial charge on any atom is -0.333 e. The standard InChI is InChI=1S/C24H22Cl2N4O2/c25-18-8-6-15(21(26)12-18)11-22(27)23(31)30-13-16-7-9-20(10-17(16)14-30)29-24(32)28-19-4-2-1-3-5-19/h1-10,12,22H,11,13-14,27H2,(H2,28,29,32)/t22-/m1/s1. The summed E-state index contributed by atoms with van der Waals surface area (Å²) < 4.78 is 0. The molecule has 0 fully saturated rings. The van der Waals surface area contributed by atoms with E-state index in [4.69, 9.17) is 28.9 Å². The van der Waals surface area contributed by atoms with E-state index in [1.54, 1.807) is 23.1 Å². The van der Waals surface area contributed by atoms with Gasteiger partial charge in [0, 0.05) is 34.5 Å². The van der Waals surface area contributed by atoms with E-state index in [2.05, 4.69) is 10.6 Å². The third-order valence-corrected chi connectivity index (χ3v) is 5.89. The Morgan fingerprint density at radius 2 is 1.62 bits per heavy atom. The highest BCUT2D eigenvalue weighted by Gasteiger charge is 2.28. The number of carbonyl (C=O) groups is 2. The molecule has 0 spiro atoms. The predicted molar refractivity (Wildman–Crippen MR) is 128 cm³/mol. The first-order valence-corrected chi connectivity index (χ1v) is 10.9. The van der Waals surface area contributed by atoms with E-state index < -0.39 is 6.04 Å². The first-order valence-electron chi connectivity index (χ1n) is 10.1. The van der Waals surface area contributed by atoms with Gasteiger partial charge in [-0.2, -0.15) is 0 Å². The molecule has 3 aromatic carbocycles. The molecule has 0 saturated heterocycles. The Balaban J connectivity index is 1.37. The molecule has 1 atom stereocenters. The van der Waals surface area contributed by atoms with Gasteiger partial charge in [0.05, 0.1) is 6.04 Å².